The summed E-state index contributed by atoms with van der Waals surface area (Å²) in [5.41, 5.74) is 10.2. The predicted molar refractivity (Wildman–Crippen MR) is 233 cm³/mol. The molecule has 0 amide bonds. The molecule has 0 saturated heterocycles. The van der Waals surface area contributed by atoms with Crippen LogP contribution in [-0.4, -0.2) is 17.1 Å². The Morgan fingerprint density at radius 2 is 1.32 bits per heavy atom. The summed E-state index contributed by atoms with van der Waals surface area (Å²) in [6.45, 7) is 0. The molecule has 2 aliphatic rings. The van der Waals surface area contributed by atoms with E-state index in [2.05, 4.69) is 163 Å². The Bertz CT molecular complexity index is 3130. The molecule has 1 saturated carbocycles. The Labute approximate surface area is 328 Å². The van der Waals surface area contributed by atoms with Gasteiger partial charge in [0.25, 0.3) is 0 Å². The number of furan rings is 1. The Morgan fingerprint density at radius 1 is 0.571 bits per heavy atom. The smallest absolute Gasteiger partial charge is 0.135 e. The van der Waals surface area contributed by atoms with Crippen LogP contribution in [0.1, 0.15) is 30.7 Å². The molecule has 0 bridgehead atoms. The highest BCUT2D eigenvalue weighted by Gasteiger charge is 2.41. The van der Waals surface area contributed by atoms with Crippen LogP contribution in [0, 0.1) is 0 Å². The third kappa shape index (κ3) is 5.08. The minimum Gasteiger partial charge on any atom is -0.489 e. The van der Waals surface area contributed by atoms with Crippen molar-refractivity contribution in [2.45, 2.75) is 37.3 Å². The van der Waals surface area contributed by atoms with Crippen molar-refractivity contribution in [3.8, 4) is 27.4 Å². The van der Waals surface area contributed by atoms with Crippen LogP contribution in [-0.2, 0) is 0 Å². The molecular formula is C51H36N2O2S. The number of fused-ring (bicyclic) bond motifs is 11. The van der Waals surface area contributed by atoms with Crippen molar-refractivity contribution >= 4 is 76.4 Å². The maximum atomic E-state index is 6.63. The number of anilines is 2. The molecule has 1 aliphatic carbocycles. The third-order valence-corrected chi connectivity index (χ3v) is 13.4. The molecule has 3 heterocycles. The average Bonchev–Trinajstić information content (AvgIpc) is 3.97. The summed E-state index contributed by atoms with van der Waals surface area (Å²) >= 11 is 1.79. The summed E-state index contributed by atoms with van der Waals surface area (Å²) in [6, 6.07) is 59.4. The van der Waals surface area contributed by atoms with E-state index in [9.17, 15) is 0 Å². The van der Waals surface area contributed by atoms with Crippen LogP contribution in [0.5, 0.6) is 5.75 Å². The van der Waals surface area contributed by atoms with Crippen LogP contribution < -0.4 is 9.64 Å². The lowest BCUT2D eigenvalue weighted by Gasteiger charge is -2.40. The molecule has 3 atom stereocenters. The van der Waals surface area contributed by atoms with Gasteiger partial charge in [0.05, 0.1) is 10.2 Å². The Morgan fingerprint density at radius 3 is 2.25 bits per heavy atom. The summed E-state index contributed by atoms with van der Waals surface area (Å²) in [6.07, 6.45) is 3.32. The number of hydrogen-bond acceptors (Lipinski definition) is 5. The van der Waals surface area contributed by atoms with Crippen molar-refractivity contribution in [3.05, 3.63) is 169 Å². The number of hydrogen-bond donors (Lipinski definition) is 0. The standard InChI is InChI=1S/C51H36N2O2S/c1-2-8-34(9-3-1)51-52-44-26-20-33-16-14-32-15-17-35(28-42(32)49(33)50(44)56-51)31-18-21-36(22-19-31)53(37-24-27-47-43(29-37)40-11-5-7-13-46(40)54-47)38-23-25-41-39-10-4-6-12-45(39)55-48(41)30-38/h1-22,24,26-29,38,41,48H,23,25,30H2. The van der Waals surface area contributed by atoms with E-state index in [0.29, 0.717) is 5.92 Å². The SMILES string of the molecule is c1ccc(-c2nc3ccc4ccc5ccc(-c6ccc(N(c7ccc8oc9ccccc9c8c7)C7CCC8c9ccccc9OC8C7)cc6)cc5c4c3s2)cc1. The van der Waals surface area contributed by atoms with Crippen molar-refractivity contribution in [2.24, 2.45) is 0 Å². The van der Waals surface area contributed by atoms with Crippen LogP contribution in [0.3, 0.4) is 0 Å². The summed E-state index contributed by atoms with van der Waals surface area (Å²) < 4.78 is 14.1. The molecule has 4 nitrogen and oxygen atoms in total. The molecule has 0 N–H and O–H groups in total. The van der Waals surface area contributed by atoms with Gasteiger partial charge in [0.15, 0.2) is 0 Å². The molecule has 12 rings (SSSR count). The number of ether oxygens (including phenoxy) is 1. The largest absolute Gasteiger partial charge is 0.489 e. The average molecular weight is 741 g/mol. The Kier molecular flexibility index (Phi) is 7.15. The van der Waals surface area contributed by atoms with Crippen molar-refractivity contribution in [2.75, 3.05) is 4.90 Å². The van der Waals surface area contributed by atoms with Gasteiger partial charge in [-0.1, -0.05) is 109 Å². The van der Waals surface area contributed by atoms with Crippen LogP contribution in [0.15, 0.2) is 168 Å². The van der Waals surface area contributed by atoms with E-state index in [-0.39, 0.29) is 12.1 Å². The number of para-hydroxylation sites is 2. The second-order valence-corrected chi connectivity index (χ2v) is 16.4. The Hall–Kier alpha value is -6.43. The first-order valence-corrected chi connectivity index (χ1v) is 20.4. The van der Waals surface area contributed by atoms with Gasteiger partial charge in [0.2, 0.25) is 0 Å². The van der Waals surface area contributed by atoms with E-state index >= 15 is 0 Å². The second kappa shape index (κ2) is 12.6. The van der Waals surface area contributed by atoms with Gasteiger partial charge in [-0.15, -0.1) is 11.3 Å². The molecule has 10 aromatic rings. The number of rotatable bonds is 5. The van der Waals surface area contributed by atoms with E-state index in [1.54, 1.807) is 11.3 Å². The maximum Gasteiger partial charge on any atom is 0.135 e. The molecule has 56 heavy (non-hydrogen) atoms. The minimum absolute atomic E-state index is 0.174. The first-order valence-electron chi connectivity index (χ1n) is 19.6. The van der Waals surface area contributed by atoms with E-state index in [0.717, 1.165) is 63.0 Å². The number of aromatic nitrogens is 1. The van der Waals surface area contributed by atoms with Crippen molar-refractivity contribution in [1.82, 2.24) is 4.98 Å². The van der Waals surface area contributed by atoms with Gasteiger partial charge >= 0.3 is 0 Å². The fourth-order valence-corrected chi connectivity index (χ4v) is 10.7. The first kappa shape index (κ1) is 31.9. The van der Waals surface area contributed by atoms with Gasteiger partial charge < -0.3 is 14.1 Å². The van der Waals surface area contributed by atoms with Gasteiger partial charge in [0, 0.05) is 57.0 Å². The third-order valence-electron chi connectivity index (χ3n) is 12.2. The monoisotopic (exact) mass is 740 g/mol. The maximum absolute atomic E-state index is 6.63. The highest BCUT2D eigenvalue weighted by atomic mass is 32.1. The zero-order valence-corrected chi connectivity index (χ0v) is 31.4. The van der Waals surface area contributed by atoms with Crippen LogP contribution in [0.2, 0.25) is 0 Å². The molecule has 3 unspecified atom stereocenters. The fourth-order valence-electron chi connectivity index (χ4n) is 9.54. The van der Waals surface area contributed by atoms with Gasteiger partial charge in [-0.3, -0.25) is 0 Å². The molecule has 268 valence electrons. The summed E-state index contributed by atoms with van der Waals surface area (Å²) in [5, 5.41) is 8.36. The summed E-state index contributed by atoms with van der Waals surface area (Å²) in [7, 11) is 0. The molecule has 0 radical (unpaired) electrons. The van der Waals surface area contributed by atoms with Crippen LogP contribution in [0.4, 0.5) is 11.4 Å². The fraction of sp³-hybridized carbons (Fsp3) is 0.118. The topological polar surface area (TPSA) is 38.5 Å². The molecular weight excluding hydrogens is 705 g/mol. The van der Waals surface area contributed by atoms with Gasteiger partial charge in [0.1, 0.15) is 28.0 Å². The molecule has 1 aliphatic heterocycles. The van der Waals surface area contributed by atoms with E-state index in [1.807, 2.05) is 6.07 Å². The Balaban J connectivity index is 0.943. The molecule has 8 aromatic carbocycles. The van der Waals surface area contributed by atoms with Crippen LogP contribution >= 0.6 is 11.3 Å². The lowest BCUT2D eigenvalue weighted by Crippen LogP contribution is -2.40. The molecule has 0 spiro atoms. The van der Waals surface area contributed by atoms with Crippen molar-refractivity contribution in [1.29, 1.82) is 0 Å². The first-order chi connectivity index (χ1) is 27.7. The van der Waals surface area contributed by atoms with E-state index < -0.39 is 0 Å². The van der Waals surface area contributed by atoms with Gasteiger partial charge in [-0.05, 0) is 94.7 Å². The lowest BCUT2D eigenvalue weighted by molar-refractivity contribution is 0.152. The van der Waals surface area contributed by atoms with Crippen LogP contribution in [0.25, 0.3) is 75.4 Å². The number of thiazole rings is 1. The van der Waals surface area contributed by atoms with Gasteiger partial charge in [-0.25, -0.2) is 4.98 Å². The molecule has 1 fully saturated rings. The van der Waals surface area contributed by atoms with Crippen molar-refractivity contribution < 1.29 is 9.15 Å². The quantitative estimate of drug-likeness (QED) is 0.165. The van der Waals surface area contributed by atoms with E-state index in [4.69, 9.17) is 14.1 Å². The molecule has 2 aromatic heterocycles. The zero-order valence-electron chi connectivity index (χ0n) is 30.6. The van der Waals surface area contributed by atoms with Crippen molar-refractivity contribution in [3.63, 3.8) is 0 Å². The highest BCUT2D eigenvalue weighted by molar-refractivity contribution is 7.22. The van der Waals surface area contributed by atoms with Gasteiger partial charge in [-0.2, -0.15) is 0 Å². The summed E-state index contributed by atoms with van der Waals surface area (Å²) in [4.78, 5) is 7.63. The zero-order chi connectivity index (χ0) is 36.7. The normalized spacial score (nSPS) is 17.8. The molecule has 5 heteroatoms. The number of benzene rings is 8. The summed E-state index contributed by atoms with van der Waals surface area (Å²) in [5.74, 6) is 1.51. The highest BCUT2D eigenvalue weighted by Crippen LogP contribution is 2.48. The second-order valence-electron chi connectivity index (χ2n) is 15.4. The minimum atomic E-state index is 0.174. The lowest BCUT2D eigenvalue weighted by atomic mass is 9.80. The van der Waals surface area contributed by atoms with E-state index in [1.165, 1.54) is 54.3 Å². The predicted octanol–water partition coefficient (Wildman–Crippen LogP) is 14.1. The number of nitrogens with zero attached hydrogens (tertiary/aromatic N) is 2.